The molecule has 1 aromatic carbocycles. The van der Waals surface area contributed by atoms with Gasteiger partial charge < -0.3 is 15.4 Å². The predicted molar refractivity (Wildman–Crippen MR) is 67.8 cm³/mol. The fourth-order valence-electron chi connectivity index (χ4n) is 2.28. The van der Waals surface area contributed by atoms with Gasteiger partial charge in [0.2, 0.25) is 0 Å². The van der Waals surface area contributed by atoms with Gasteiger partial charge in [-0.05, 0) is 37.5 Å². The molecular formula is C13H20N2O. The quantitative estimate of drug-likeness (QED) is 0.776. The van der Waals surface area contributed by atoms with Crippen molar-refractivity contribution in [3.63, 3.8) is 0 Å². The largest absolute Gasteiger partial charge is 0.397 e. The maximum Gasteiger partial charge on any atom is 0.0746 e. The molecule has 0 aromatic heterocycles. The minimum Gasteiger partial charge on any atom is -0.397 e. The minimum absolute atomic E-state index is 0.341. The molecular weight excluding hydrogens is 200 g/mol. The van der Waals surface area contributed by atoms with Crippen LogP contribution in [0.2, 0.25) is 0 Å². The first-order valence-electron chi connectivity index (χ1n) is 5.84. The molecule has 1 heterocycles. The lowest BCUT2D eigenvalue weighted by Crippen LogP contribution is -2.39. The van der Waals surface area contributed by atoms with E-state index in [0.29, 0.717) is 6.10 Å². The Kier molecular flexibility index (Phi) is 3.34. The number of hydrogen-bond donors (Lipinski definition) is 1. The number of nitrogen functional groups attached to an aromatic ring is 1. The van der Waals surface area contributed by atoms with Gasteiger partial charge in [-0.25, -0.2) is 0 Å². The summed E-state index contributed by atoms with van der Waals surface area (Å²) in [5.74, 6) is 0. The first-order valence-corrected chi connectivity index (χ1v) is 5.84. The van der Waals surface area contributed by atoms with Crippen LogP contribution in [0, 0.1) is 6.92 Å². The van der Waals surface area contributed by atoms with Crippen LogP contribution in [0.15, 0.2) is 18.2 Å². The summed E-state index contributed by atoms with van der Waals surface area (Å²) in [6, 6.07) is 6.20. The SMILES string of the molecule is COC1CCCN(c2cc(C)ccc2N)C1. The molecule has 1 aliphatic rings. The highest BCUT2D eigenvalue weighted by Gasteiger charge is 2.20. The van der Waals surface area contributed by atoms with Crippen molar-refractivity contribution in [3.8, 4) is 0 Å². The molecule has 1 unspecified atom stereocenters. The molecule has 3 heteroatoms. The number of methoxy groups -OCH3 is 1. The van der Waals surface area contributed by atoms with Gasteiger partial charge in [-0.3, -0.25) is 0 Å². The predicted octanol–water partition coefficient (Wildman–Crippen LogP) is 2.19. The van der Waals surface area contributed by atoms with Crippen LogP contribution in [-0.4, -0.2) is 26.3 Å². The molecule has 16 heavy (non-hydrogen) atoms. The van der Waals surface area contributed by atoms with E-state index in [9.17, 15) is 0 Å². The Balaban J connectivity index is 2.19. The van der Waals surface area contributed by atoms with Gasteiger partial charge in [-0.15, -0.1) is 0 Å². The van der Waals surface area contributed by atoms with E-state index < -0.39 is 0 Å². The van der Waals surface area contributed by atoms with Gasteiger partial charge in [-0.2, -0.15) is 0 Å². The zero-order chi connectivity index (χ0) is 11.5. The topological polar surface area (TPSA) is 38.5 Å². The highest BCUT2D eigenvalue weighted by Crippen LogP contribution is 2.27. The molecule has 1 fully saturated rings. The second kappa shape index (κ2) is 4.74. The van der Waals surface area contributed by atoms with Crippen LogP contribution < -0.4 is 10.6 Å². The first-order chi connectivity index (χ1) is 7.70. The highest BCUT2D eigenvalue weighted by atomic mass is 16.5. The first kappa shape index (κ1) is 11.3. The Morgan fingerprint density at radius 3 is 3.00 bits per heavy atom. The Morgan fingerprint density at radius 2 is 2.25 bits per heavy atom. The van der Waals surface area contributed by atoms with E-state index in [1.807, 2.05) is 6.07 Å². The van der Waals surface area contributed by atoms with Crippen LogP contribution in [0.1, 0.15) is 18.4 Å². The lowest BCUT2D eigenvalue weighted by atomic mass is 10.1. The van der Waals surface area contributed by atoms with Crippen molar-refractivity contribution in [2.75, 3.05) is 30.8 Å². The summed E-state index contributed by atoms with van der Waals surface area (Å²) >= 11 is 0. The van der Waals surface area contributed by atoms with Crippen LogP contribution in [-0.2, 0) is 4.74 Å². The van der Waals surface area contributed by atoms with Crippen LogP contribution in [0.5, 0.6) is 0 Å². The van der Waals surface area contributed by atoms with Crippen molar-refractivity contribution in [2.45, 2.75) is 25.9 Å². The van der Waals surface area contributed by atoms with Crippen LogP contribution in [0.25, 0.3) is 0 Å². The number of aryl methyl sites for hydroxylation is 1. The van der Waals surface area contributed by atoms with E-state index >= 15 is 0 Å². The summed E-state index contributed by atoms with van der Waals surface area (Å²) in [7, 11) is 1.79. The molecule has 0 bridgehead atoms. The molecule has 1 atom stereocenters. The van der Waals surface area contributed by atoms with Crippen molar-refractivity contribution in [2.24, 2.45) is 0 Å². The monoisotopic (exact) mass is 220 g/mol. The highest BCUT2D eigenvalue weighted by molar-refractivity contribution is 5.68. The van der Waals surface area contributed by atoms with Gasteiger partial charge in [0.1, 0.15) is 0 Å². The number of benzene rings is 1. The molecule has 0 spiro atoms. The lowest BCUT2D eigenvalue weighted by molar-refractivity contribution is 0.0894. The van der Waals surface area contributed by atoms with E-state index in [0.717, 1.165) is 30.9 Å². The van der Waals surface area contributed by atoms with Crippen molar-refractivity contribution >= 4 is 11.4 Å². The number of rotatable bonds is 2. The number of ether oxygens (including phenoxy) is 1. The molecule has 3 nitrogen and oxygen atoms in total. The second-order valence-corrected chi connectivity index (χ2v) is 4.51. The molecule has 2 rings (SSSR count). The summed E-state index contributed by atoms with van der Waals surface area (Å²) in [4.78, 5) is 2.33. The third kappa shape index (κ3) is 2.30. The average Bonchev–Trinajstić information content (AvgIpc) is 2.32. The lowest BCUT2D eigenvalue weighted by Gasteiger charge is -2.34. The Morgan fingerprint density at radius 1 is 1.44 bits per heavy atom. The Hall–Kier alpha value is -1.22. The van der Waals surface area contributed by atoms with E-state index in [1.54, 1.807) is 7.11 Å². The number of piperidine rings is 1. The standard InChI is InChI=1S/C13H20N2O/c1-10-5-6-12(14)13(8-10)15-7-3-4-11(9-15)16-2/h5-6,8,11H,3-4,7,9,14H2,1-2H3. The second-order valence-electron chi connectivity index (χ2n) is 4.51. The zero-order valence-electron chi connectivity index (χ0n) is 10.1. The fraction of sp³-hybridized carbons (Fsp3) is 0.538. The number of nitrogens with two attached hydrogens (primary N) is 1. The van der Waals surface area contributed by atoms with E-state index in [-0.39, 0.29) is 0 Å². The van der Waals surface area contributed by atoms with Gasteiger partial charge in [0.05, 0.1) is 17.5 Å². The molecule has 1 aliphatic heterocycles. The summed E-state index contributed by atoms with van der Waals surface area (Å²) in [6.07, 6.45) is 2.67. The van der Waals surface area contributed by atoms with Crippen LogP contribution in [0.4, 0.5) is 11.4 Å². The smallest absolute Gasteiger partial charge is 0.0746 e. The summed E-state index contributed by atoms with van der Waals surface area (Å²) < 4.78 is 5.43. The van der Waals surface area contributed by atoms with Gasteiger partial charge in [0.15, 0.2) is 0 Å². The number of hydrogen-bond acceptors (Lipinski definition) is 3. The van der Waals surface area contributed by atoms with Crippen molar-refractivity contribution in [3.05, 3.63) is 23.8 Å². The van der Waals surface area contributed by atoms with Gasteiger partial charge >= 0.3 is 0 Å². The van der Waals surface area contributed by atoms with E-state index in [4.69, 9.17) is 10.5 Å². The summed E-state index contributed by atoms with van der Waals surface area (Å²) in [6.45, 7) is 4.12. The fourth-order valence-corrected chi connectivity index (χ4v) is 2.28. The maximum absolute atomic E-state index is 6.02. The Labute approximate surface area is 97.2 Å². The average molecular weight is 220 g/mol. The van der Waals surface area contributed by atoms with Crippen molar-refractivity contribution in [1.82, 2.24) is 0 Å². The van der Waals surface area contributed by atoms with Gasteiger partial charge in [0, 0.05) is 20.2 Å². The maximum atomic E-state index is 6.02. The molecule has 0 radical (unpaired) electrons. The molecule has 2 N–H and O–H groups in total. The third-order valence-corrected chi connectivity index (χ3v) is 3.24. The summed E-state index contributed by atoms with van der Waals surface area (Å²) in [5.41, 5.74) is 9.30. The number of nitrogens with zero attached hydrogens (tertiary/aromatic N) is 1. The number of anilines is 2. The van der Waals surface area contributed by atoms with E-state index in [1.165, 1.54) is 12.0 Å². The van der Waals surface area contributed by atoms with Crippen molar-refractivity contribution in [1.29, 1.82) is 0 Å². The van der Waals surface area contributed by atoms with Gasteiger partial charge in [-0.1, -0.05) is 6.07 Å². The molecule has 0 amide bonds. The molecule has 1 saturated heterocycles. The minimum atomic E-state index is 0.341. The zero-order valence-corrected chi connectivity index (χ0v) is 10.1. The Bertz CT molecular complexity index is 365. The van der Waals surface area contributed by atoms with Crippen molar-refractivity contribution < 1.29 is 4.74 Å². The molecule has 88 valence electrons. The van der Waals surface area contributed by atoms with Crippen LogP contribution in [0.3, 0.4) is 0 Å². The van der Waals surface area contributed by atoms with Crippen LogP contribution >= 0.6 is 0 Å². The molecule has 0 saturated carbocycles. The molecule has 0 aliphatic carbocycles. The molecule has 1 aromatic rings. The summed E-state index contributed by atoms with van der Waals surface area (Å²) in [5, 5.41) is 0. The third-order valence-electron chi connectivity index (χ3n) is 3.24. The van der Waals surface area contributed by atoms with Gasteiger partial charge in [0.25, 0.3) is 0 Å². The van der Waals surface area contributed by atoms with E-state index in [2.05, 4.69) is 24.0 Å². The normalized spacial score (nSPS) is 21.1.